The van der Waals surface area contributed by atoms with E-state index in [1.165, 1.54) is 119 Å². The van der Waals surface area contributed by atoms with Crippen molar-refractivity contribution in [3.05, 3.63) is 14.9 Å². The smallest absolute Gasteiger partial charge is 0.0791 e. The minimum absolute atomic E-state index is 0. The molecule has 0 N–H and O–H groups in total. The van der Waals surface area contributed by atoms with Gasteiger partial charge in [-0.1, -0.05) is 19.3 Å². The van der Waals surface area contributed by atoms with Gasteiger partial charge in [0.2, 0.25) is 0 Å². The maximum absolute atomic E-state index is 2.44. The van der Waals surface area contributed by atoms with Gasteiger partial charge in [-0.05, 0) is 32.1 Å². The second-order valence-corrected chi connectivity index (χ2v) is 9.63. The van der Waals surface area contributed by atoms with E-state index in [1.54, 1.807) is 12.8 Å². The molecule has 3 aliphatic rings. The zero-order valence-electron chi connectivity index (χ0n) is 18.8. The van der Waals surface area contributed by atoms with Crippen LogP contribution < -0.4 is 0 Å². The van der Waals surface area contributed by atoms with E-state index in [0.29, 0.717) is 5.41 Å². The predicted molar refractivity (Wildman–Crippen MR) is 117 cm³/mol. The summed E-state index contributed by atoms with van der Waals surface area (Å²) in [5.74, 6) is 0. The number of quaternary nitrogens is 2. The maximum atomic E-state index is 2.44. The summed E-state index contributed by atoms with van der Waals surface area (Å²) in [7, 11) is 0. The Morgan fingerprint density at radius 1 is 0.577 bits per heavy atom. The van der Waals surface area contributed by atoms with E-state index in [4.69, 9.17) is 0 Å². The minimum Gasteiger partial charge on any atom is -0.358 e. The largest absolute Gasteiger partial charge is 0.358 e. The normalized spacial score (nSPS) is 26.1. The molecule has 1 saturated carbocycles. The van der Waals surface area contributed by atoms with Crippen LogP contribution in [-0.4, -0.2) is 61.3 Å². The Morgan fingerprint density at radius 2 is 0.962 bits per heavy atom. The molecular weight excluding hydrogens is 316 g/mol. The van der Waals surface area contributed by atoms with Gasteiger partial charge >= 0.3 is 0 Å². The van der Waals surface area contributed by atoms with Crippen LogP contribution in [0.3, 0.4) is 0 Å². The molecule has 2 heteroatoms. The van der Waals surface area contributed by atoms with Crippen LogP contribution in [0.2, 0.25) is 0 Å². The van der Waals surface area contributed by atoms with E-state index in [-0.39, 0.29) is 14.9 Å². The molecule has 26 heavy (non-hydrogen) atoms. The van der Waals surface area contributed by atoms with Crippen molar-refractivity contribution in [2.75, 3.05) is 52.4 Å². The van der Waals surface area contributed by atoms with Crippen LogP contribution in [-0.2, 0) is 0 Å². The van der Waals surface area contributed by atoms with Crippen LogP contribution in [0.4, 0.5) is 0 Å². The van der Waals surface area contributed by atoms with Gasteiger partial charge in [0.25, 0.3) is 0 Å². The summed E-state index contributed by atoms with van der Waals surface area (Å²) in [4.78, 5) is 0. The number of hydrogen-bond acceptors (Lipinski definition) is 0. The van der Waals surface area contributed by atoms with Crippen molar-refractivity contribution in [3.8, 4) is 0 Å². The van der Waals surface area contributed by atoms with E-state index in [9.17, 15) is 0 Å². The van der Waals surface area contributed by atoms with Crippen LogP contribution in [0.1, 0.15) is 84.5 Å². The fourth-order valence-corrected chi connectivity index (χ4v) is 6.28. The van der Waals surface area contributed by atoms with E-state index in [2.05, 4.69) is 13.8 Å². The lowest BCUT2D eigenvalue weighted by molar-refractivity contribution is -0.918. The van der Waals surface area contributed by atoms with E-state index < -0.39 is 0 Å². The number of nitrogens with zero attached hydrogens (tertiary/aromatic N) is 2. The van der Waals surface area contributed by atoms with Crippen molar-refractivity contribution in [2.45, 2.75) is 84.5 Å². The van der Waals surface area contributed by atoms with Gasteiger partial charge in [0.15, 0.2) is 0 Å². The van der Waals surface area contributed by atoms with Gasteiger partial charge in [-0.15, -0.1) is 0 Å². The average Bonchev–Trinajstić information content (AvgIpc) is 3.30. The number of likely N-dealkylation sites (tertiary alicyclic amines) is 2. The molecule has 2 saturated heterocycles. The van der Waals surface area contributed by atoms with Crippen molar-refractivity contribution in [2.24, 2.45) is 5.41 Å². The number of rotatable bonds is 8. The van der Waals surface area contributed by atoms with Gasteiger partial charge < -0.3 is 23.8 Å². The molecule has 0 spiro atoms. The van der Waals surface area contributed by atoms with Crippen molar-refractivity contribution < 1.29 is 8.97 Å². The molecule has 0 radical (unpaired) electrons. The molecule has 0 amide bonds. The predicted octanol–water partition coefficient (Wildman–Crippen LogP) is 5.88. The van der Waals surface area contributed by atoms with Crippen molar-refractivity contribution in [3.63, 3.8) is 0 Å². The summed E-state index contributed by atoms with van der Waals surface area (Å²) in [5.41, 5.74) is 0.713. The molecule has 0 bridgehead atoms. The highest BCUT2D eigenvalue weighted by Crippen LogP contribution is 2.44. The molecule has 3 rings (SSSR count). The van der Waals surface area contributed by atoms with Crippen molar-refractivity contribution >= 4 is 0 Å². The SMILES string of the molecule is CC[N+]1(CCC2(CC[N+]3(CC)CCCC3)CCCCC2)CCCC1.[CH3-].[CH3-]. The Hall–Kier alpha value is -0.0800. The molecule has 0 aromatic heterocycles. The van der Waals surface area contributed by atoms with Crippen LogP contribution in [0.5, 0.6) is 0 Å². The minimum atomic E-state index is 0. The third kappa shape index (κ3) is 5.47. The Morgan fingerprint density at radius 3 is 1.31 bits per heavy atom. The summed E-state index contributed by atoms with van der Waals surface area (Å²) in [6, 6.07) is 0. The summed E-state index contributed by atoms with van der Waals surface area (Å²) < 4.78 is 2.91. The highest BCUT2D eigenvalue weighted by atomic mass is 15.4. The van der Waals surface area contributed by atoms with E-state index >= 15 is 0 Å². The van der Waals surface area contributed by atoms with Gasteiger partial charge in [-0.2, -0.15) is 0 Å². The van der Waals surface area contributed by atoms with E-state index in [0.717, 1.165) is 0 Å². The lowest BCUT2D eigenvalue weighted by atomic mass is 9.69. The van der Waals surface area contributed by atoms with Gasteiger partial charge in [0.1, 0.15) is 0 Å². The molecule has 2 nitrogen and oxygen atoms in total. The topological polar surface area (TPSA) is 0 Å². The highest BCUT2D eigenvalue weighted by molar-refractivity contribution is 4.83. The molecule has 0 aromatic carbocycles. The second-order valence-electron chi connectivity index (χ2n) is 9.63. The third-order valence-corrected chi connectivity index (χ3v) is 8.52. The molecule has 3 fully saturated rings. The van der Waals surface area contributed by atoms with Gasteiger partial charge in [0.05, 0.1) is 52.4 Å². The van der Waals surface area contributed by atoms with Crippen molar-refractivity contribution in [1.29, 1.82) is 0 Å². The summed E-state index contributed by atoms with van der Waals surface area (Å²) in [5, 5.41) is 0. The molecule has 2 heterocycles. The molecule has 1 aliphatic carbocycles. The average molecular weight is 367 g/mol. The Balaban J connectivity index is 0.00000169. The van der Waals surface area contributed by atoms with E-state index in [1.807, 2.05) is 0 Å². The fraction of sp³-hybridized carbons (Fsp3) is 0.917. The number of hydrogen-bond donors (Lipinski definition) is 0. The monoisotopic (exact) mass is 366 g/mol. The second kappa shape index (κ2) is 10.5. The summed E-state index contributed by atoms with van der Waals surface area (Å²) >= 11 is 0. The molecule has 0 atom stereocenters. The standard InChI is InChI=1S/C22H44N2.2CH3/c1-3-23(16-8-9-17-23)20-14-22(12-6-5-7-13-22)15-21-24(4-2)18-10-11-19-24;;/h3-21H2,1-2H3;2*1H3/q+2;2*-1. The first kappa shape index (κ1) is 24.0. The van der Waals surface area contributed by atoms with Gasteiger partial charge in [-0.25, -0.2) is 0 Å². The van der Waals surface area contributed by atoms with Crippen LogP contribution in [0.25, 0.3) is 0 Å². The summed E-state index contributed by atoms with van der Waals surface area (Å²) in [6.45, 7) is 16.5. The lowest BCUT2D eigenvalue weighted by Crippen LogP contribution is -2.50. The Bertz CT molecular complexity index is 342. The third-order valence-electron chi connectivity index (χ3n) is 8.52. The first-order valence-electron chi connectivity index (χ1n) is 11.4. The molecule has 2 aliphatic heterocycles. The first-order valence-corrected chi connectivity index (χ1v) is 11.4. The lowest BCUT2D eigenvalue weighted by Gasteiger charge is -2.44. The fourth-order valence-electron chi connectivity index (χ4n) is 6.28. The van der Waals surface area contributed by atoms with Crippen molar-refractivity contribution in [1.82, 2.24) is 0 Å². The molecular formula is C24H50N2. The molecule has 0 aromatic rings. The van der Waals surface area contributed by atoms with Crippen LogP contribution in [0, 0.1) is 20.3 Å². The first-order chi connectivity index (χ1) is 11.7. The zero-order valence-corrected chi connectivity index (χ0v) is 18.8. The van der Waals surface area contributed by atoms with Crippen LogP contribution in [0.15, 0.2) is 0 Å². The summed E-state index contributed by atoms with van der Waals surface area (Å²) in [6.07, 6.45) is 16.6. The quantitative estimate of drug-likeness (QED) is 0.372. The molecule has 156 valence electrons. The zero-order chi connectivity index (χ0) is 16.9. The maximum Gasteiger partial charge on any atom is 0.0791 e. The van der Waals surface area contributed by atoms with Crippen LogP contribution >= 0.6 is 0 Å². The van der Waals surface area contributed by atoms with Gasteiger partial charge in [-0.3, -0.25) is 0 Å². The highest BCUT2D eigenvalue weighted by Gasteiger charge is 2.40. The Kier molecular flexibility index (Phi) is 9.64. The molecule has 0 unspecified atom stereocenters. The van der Waals surface area contributed by atoms with Gasteiger partial charge in [0, 0.05) is 38.5 Å². The Labute approximate surface area is 166 Å².